The van der Waals surface area contributed by atoms with Crippen molar-refractivity contribution in [1.29, 1.82) is 0 Å². The van der Waals surface area contributed by atoms with Gasteiger partial charge in [0.2, 0.25) is 11.9 Å². The van der Waals surface area contributed by atoms with Gasteiger partial charge >= 0.3 is 0 Å². The van der Waals surface area contributed by atoms with Crippen LogP contribution in [0.15, 0.2) is 23.4 Å². The molecule has 4 N–H and O–H groups in total. The van der Waals surface area contributed by atoms with Gasteiger partial charge in [-0.2, -0.15) is 15.0 Å². The maximum absolute atomic E-state index is 5.82. The first-order valence-corrected chi connectivity index (χ1v) is 6.56. The average molecular weight is 277 g/mol. The predicted octanol–water partition coefficient (Wildman–Crippen LogP) is 0.789. The Labute approximate surface area is 115 Å². The monoisotopic (exact) mass is 277 g/mol. The van der Waals surface area contributed by atoms with E-state index < -0.39 is 0 Å². The fourth-order valence-electron chi connectivity index (χ4n) is 1.35. The maximum atomic E-state index is 5.82. The van der Waals surface area contributed by atoms with Crippen LogP contribution in [-0.4, -0.2) is 34.0 Å². The van der Waals surface area contributed by atoms with Crippen LogP contribution < -0.4 is 16.4 Å². The van der Waals surface area contributed by atoms with E-state index in [9.17, 15) is 0 Å². The van der Waals surface area contributed by atoms with E-state index in [2.05, 4.69) is 19.9 Å². The van der Waals surface area contributed by atoms with Crippen LogP contribution in [-0.2, 0) is 5.75 Å². The topological polar surface area (TPSA) is 107 Å². The molecule has 0 saturated heterocycles. The Kier molecular flexibility index (Phi) is 4.00. The standard InChI is InChI=1S/C11H15N7S/c1-18(2)11-16-8(15-10(13)17-11)6-19-9-7(12)4-3-5-14-9/h3-5H,6,12H2,1-2H3,(H2,13,15,16,17). The Morgan fingerprint density at radius 3 is 2.68 bits per heavy atom. The maximum Gasteiger partial charge on any atom is 0.229 e. The quantitative estimate of drug-likeness (QED) is 0.790. The van der Waals surface area contributed by atoms with Crippen LogP contribution in [0.1, 0.15) is 5.82 Å². The SMILES string of the molecule is CN(C)c1nc(N)nc(CSc2ncccc2N)n1. The van der Waals surface area contributed by atoms with E-state index in [-0.39, 0.29) is 5.95 Å². The number of nitrogens with zero attached hydrogens (tertiary/aromatic N) is 5. The fourth-order valence-corrected chi connectivity index (χ4v) is 2.11. The van der Waals surface area contributed by atoms with Gasteiger partial charge in [0.05, 0.1) is 11.4 Å². The molecular formula is C11H15N7S. The van der Waals surface area contributed by atoms with Gasteiger partial charge in [0.25, 0.3) is 0 Å². The summed E-state index contributed by atoms with van der Waals surface area (Å²) in [5, 5.41) is 0.757. The number of nitrogen functional groups attached to an aromatic ring is 2. The number of nitrogens with two attached hydrogens (primary N) is 2. The zero-order chi connectivity index (χ0) is 13.8. The van der Waals surface area contributed by atoms with Crippen LogP contribution in [0, 0.1) is 0 Å². The highest BCUT2D eigenvalue weighted by Gasteiger charge is 2.08. The predicted molar refractivity (Wildman–Crippen MR) is 76.8 cm³/mol. The second-order valence-electron chi connectivity index (χ2n) is 3.99. The summed E-state index contributed by atoms with van der Waals surface area (Å²) in [5.74, 6) is 1.89. The summed E-state index contributed by atoms with van der Waals surface area (Å²) in [6.45, 7) is 0. The van der Waals surface area contributed by atoms with Crippen LogP contribution in [0.3, 0.4) is 0 Å². The highest BCUT2D eigenvalue weighted by Crippen LogP contribution is 2.24. The molecule has 2 rings (SSSR count). The van der Waals surface area contributed by atoms with E-state index in [4.69, 9.17) is 11.5 Å². The zero-order valence-electron chi connectivity index (χ0n) is 10.7. The normalized spacial score (nSPS) is 10.4. The van der Waals surface area contributed by atoms with Gasteiger partial charge in [-0.1, -0.05) is 11.8 Å². The van der Waals surface area contributed by atoms with Gasteiger partial charge in [0.15, 0.2) is 0 Å². The molecule has 0 aliphatic carbocycles. The lowest BCUT2D eigenvalue weighted by Crippen LogP contribution is -2.15. The Balaban J connectivity index is 2.14. The summed E-state index contributed by atoms with van der Waals surface area (Å²) in [6, 6.07) is 3.60. The third-order valence-electron chi connectivity index (χ3n) is 2.23. The molecule has 19 heavy (non-hydrogen) atoms. The van der Waals surface area contributed by atoms with Crippen molar-refractivity contribution < 1.29 is 0 Å². The van der Waals surface area contributed by atoms with Crippen molar-refractivity contribution in [3.05, 3.63) is 24.2 Å². The molecule has 0 atom stereocenters. The number of hydrogen-bond acceptors (Lipinski definition) is 8. The van der Waals surface area contributed by atoms with Crippen molar-refractivity contribution in [2.24, 2.45) is 0 Å². The van der Waals surface area contributed by atoms with E-state index in [1.54, 1.807) is 17.2 Å². The van der Waals surface area contributed by atoms with Crippen molar-refractivity contribution >= 4 is 29.3 Å². The molecule has 0 aromatic carbocycles. The lowest BCUT2D eigenvalue weighted by atomic mass is 10.4. The molecule has 0 amide bonds. The zero-order valence-corrected chi connectivity index (χ0v) is 11.6. The minimum atomic E-state index is 0.211. The van der Waals surface area contributed by atoms with Crippen LogP contribution in [0.4, 0.5) is 17.6 Å². The smallest absolute Gasteiger partial charge is 0.229 e. The summed E-state index contributed by atoms with van der Waals surface area (Å²) in [5.41, 5.74) is 12.1. The van der Waals surface area contributed by atoms with Crippen molar-refractivity contribution in [3.63, 3.8) is 0 Å². The lowest BCUT2D eigenvalue weighted by molar-refractivity contribution is 0.918. The van der Waals surface area contributed by atoms with Crippen molar-refractivity contribution in [2.75, 3.05) is 30.5 Å². The molecule has 2 aromatic rings. The number of anilines is 3. The number of aromatic nitrogens is 4. The minimum Gasteiger partial charge on any atom is -0.397 e. The fraction of sp³-hybridized carbons (Fsp3) is 0.273. The molecule has 2 aromatic heterocycles. The highest BCUT2D eigenvalue weighted by molar-refractivity contribution is 7.98. The summed E-state index contributed by atoms with van der Waals surface area (Å²) < 4.78 is 0. The Bertz CT molecular complexity index is 573. The second-order valence-corrected chi connectivity index (χ2v) is 4.95. The molecule has 2 heterocycles. The molecule has 100 valence electrons. The molecule has 0 aliphatic rings. The van der Waals surface area contributed by atoms with E-state index in [0.717, 1.165) is 5.03 Å². The van der Waals surface area contributed by atoms with Gasteiger partial charge in [0.1, 0.15) is 10.9 Å². The van der Waals surface area contributed by atoms with E-state index in [1.165, 1.54) is 11.8 Å². The Hall–Kier alpha value is -2.09. The highest BCUT2D eigenvalue weighted by atomic mass is 32.2. The first-order chi connectivity index (χ1) is 9.06. The molecule has 0 aliphatic heterocycles. The summed E-state index contributed by atoms with van der Waals surface area (Å²) in [6.07, 6.45) is 1.70. The molecular weight excluding hydrogens is 262 g/mol. The van der Waals surface area contributed by atoms with Gasteiger partial charge in [-0.05, 0) is 12.1 Å². The van der Waals surface area contributed by atoms with E-state index in [0.29, 0.717) is 23.2 Å². The largest absolute Gasteiger partial charge is 0.397 e. The van der Waals surface area contributed by atoms with Gasteiger partial charge in [-0.3, -0.25) is 0 Å². The van der Waals surface area contributed by atoms with Gasteiger partial charge < -0.3 is 16.4 Å². The average Bonchev–Trinajstić information content (AvgIpc) is 2.37. The van der Waals surface area contributed by atoms with Crippen molar-refractivity contribution in [3.8, 4) is 0 Å². The molecule has 0 saturated carbocycles. The molecule has 0 spiro atoms. The number of pyridine rings is 1. The molecule has 0 radical (unpaired) electrons. The van der Waals surface area contributed by atoms with E-state index >= 15 is 0 Å². The number of rotatable bonds is 4. The minimum absolute atomic E-state index is 0.211. The molecule has 0 unspecified atom stereocenters. The van der Waals surface area contributed by atoms with Crippen LogP contribution >= 0.6 is 11.8 Å². The van der Waals surface area contributed by atoms with Crippen molar-refractivity contribution in [2.45, 2.75) is 10.8 Å². The first-order valence-electron chi connectivity index (χ1n) is 5.57. The van der Waals surface area contributed by atoms with Crippen molar-refractivity contribution in [1.82, 2.24) is 19.9 Å². The molecule has 8 heteroatoms. The summed E-state index contributed by atoms with van der Waals surface area (Å²) in [4.78, 5) is 18.4. The second kappa shape index (κ2) is 5.70. The van der Waals surface area contributed by atoms with Gasteiger partial charge in [-0.25, -0.2) is 4.98 Å². The summed E-state index contributed by atoms with van der Waals surface area (Å²) in [7, 11) is 3.70. The van der Waals surface area contributed by atoms with E-state index in [1.807, 2.05) is 20.2 Å². The van der Waals surface area contributed by atoms with Crippen LogP contribution in [0.25, 0.3) is 0 Å². The summed E-state index contributed by atoms with van der Waals surface area (Å²) >= 11 is 1.47. The van der Waals surface area contributed by atoms with Gasteiger partial charge in [-0.15, -0.1) is 0 Å². The third-order valence-corrected chi connectivity index (χ3v) is 3.24. The third kappa shape index (κ3) is 3.44. The van der Waals surface area contributed by atoms with Crippen LogP contribution in [0.5, 0.6) is 0 Å². The number of thioether (sulfide) groups is 1. The Morgan fingerprint density at radius 2 is 2.00 bits per heavy atom. The lowest BCUT2D eigenvalue weighted by Gasteiger charge is -2.11. The Morgan fingerprint density at radius 1 is 1.21 bits per heavy atom. The molecule has 0 bridgehead atoms. The van der Waals surface area contributed by atoms with Crippen LogP contribution in [0.2, 0.25) is 0 Å². The molecule has 0 fully saturated rings. The number of hydrogen-bond donors (Lipinski definition) is 2. The van der Waals surface area contributed by atoms with Gasteiger partial charge in [0, 0.05) is 20.3 Å². The first kappa shape index (κ1) is 13.3. The molecule has 7 nitrogen and oxygen atoms in total.